The molecular weight excluding hydrogens is 277 g/mol. The SMILES string of the molecule is OC1=CC=CC(N(F)c2ccccc2)C1=Cc1ccccc1. The van der Waals surface area contributed by atoms with E-state index >= 15 is 0 Å². The highest BCUT2D eigenvalue weighted by Gasteiger charge is 2.25. The smallest absolute Gasteiger partial charge is 0.121 e. The highest BCUT2D eigenvalue weighted by atomic mass is 19.2. The lowest BCUT2D eigenvalue weighted by Crippen LogP contribution is -2.30. The Morgan fingerprint density at radius 3 is 2.27 bits per heavy atom. The molecule has 0 bridgehead atoms. The van der Waals surface area contributed by atoms with Crippen molar-refractivity contribution in [2.24, 2.45) is 0 Å². The molecule has 1 atom stereocenters. The van der Waals surface area contributed by atoms with Crippen molar-refractivity contribution in [3.8, 4) is 0 Å². The Labute approximate surface area is 129 Å². The first-order chi connectivity index (χ1) is 10.8. The summed E-state index contributed by atoms with van der Waals surface area (Å²) in [6, 6.07) is 17.7. The molecule has 0 amide bonds. The van der Waals surface area contributed by atoms with Gasteiger partial charge in [0.05, 0.1) is 5.69 Å². The van der Waals surface area contributed by atoms with Gasteiger partial charge in [-0.15, -0.1) is 0 Å². The molecule has 2 aromatic rings. The third-order valence-electron chi connectivity index (χ3n) is 3.53. The Bertz CT molecular complexity index is 720. The minimum absolute atomic E-state index is 0.0786. The van der Waals surface area contributed by atoms with E-state index in [1.54, 1.807) is 48.6 Å². The van der Waals surface area contributed by atoms with Gasteiger partial charge in [-0.05, 0) is 29.8 Å². The van der Waals surface area contributed by atoms with Crippen LogP contribution < -0.4 is 5.12 Å². The number of para-hydroxylation sites is 1. The molecule has 0 saturated heterocycles. The average Bonchev–Trinajstić information content (AvgIpc) is 2.58. The molecule has 0 radical (unpaired) electrons. The number of hydrogen-bond donors (Lipinski definition) is 1. The summed E-state index contributed by atoms with van der Waals surface area (Å²) in [5, 5.41) is 10.8. The summed E-state index contributed by atoms with van der Waals surface area (Å²) in [5.74, 6) is 0.0786. The number of benzene rings is 2. The maximum Gasteiger partial charge on any atom is 0.121 e. The van der Waals surface area contributed by atoms with Gasteiger partial charge in [0.15, 0.2) is 0 Å². The molecule has 0 heterocycles. The number of aliphatic hydroxyl groups is 1. The highest BCUT2D eigenvalue weighted by molar-refractivity contribution is 5.64. The molecule has 0 aromatic heterocycles. The van der Waals surface area contributed by atoms with Gasteiger partial charge in [-0.1, -0.05) is 65.2 Å². The lowest BCUT2D eigenvalue weighted by molar-refractivity contribution is 0.381. The van der Waals surface area contributed by atoms with E-state index in [4.69, 9.17) is 0 Å². The van der Waals surface area contributed by atoms with Crippen molar-refractivity contribution in [2.75, 3.05) is 5.12 Å². The van der Waals surface area contributed by atoms with Crippen LogP contribution in [0.5, 0.6) is 0 Å². The number of hydrogen-bond acceptors (Lipinski definition) is 2. The van der Waals surface area contributed by atoms with E-state index in [2.05, 4.69) is 0 Å². The summed E-state index contributed by atoms with van der Waals surface area (Å²) in [5.41, 5.74) is 1.89. The third-order valence-corrected chi connectivity index (χ3v) is 3.53. The molecule has 22 heavy (non-hydrogen) atoms. The lowest BCUT2D eigenvalue weighted by atomic mass is 9.97. The highest BCUT2D eigenvalue weighted by Crippen LogP contribution is 2.29. The Morgan fingerprint density at radius 2 is 1.59 bits per heavy atom. The van der Waals surface area contributed by atoms with E-state index in [1.807, 2.05) is 36.4 Å². The monoisotopic (exact) mass is 293 g/mol. The van der Waals surface area contributed by atoms with Gasteiger partial charge in [0.1, 0.15) is 11.8 Å². The van der Waals surface area contributed by atoms with Crippen molar-refractivity contribution in [3.63, 3.8) is 0 Å². The Morgan fingerprint density at radius 1 is 0.955 bits per heavy atom. The summed E-state index contributed by atoms with van der Waals surface area (Å²) in [6.07, 6.45) is 6.76. The number of rotatable bonds is 3. The normalized spacial score (nSPS) is 19.0. The summed E-state index contributed by atoms with van der Waals surface area (Å²) in [7, 11) is 0. The summed E-state index contributed by atoms with van der Waals surface area (Å²) >= 11 is 0. The largest absolute Gasteiger partial charge is 0.508 e. The van der Waals surface area contributed by atoms with E-state index in [-0.39, 0.29) is 5.76 Å². The van der Waals surface area contributed by atoms with E-state index in [0.717, 1.165) is 5.56 Å². The zero-order valence-electron chi connectivity index (χ0n) is 11.9. The summed E-state index contributed by atoms with van der Waals surface area (Å²) < 4.78 is 14.7. The maximum atomic E-state index is 14.7. The fraction of sp³-hybridized carbons (Fsp3) is 0.0526. The molecule has 0 aliphatic heterocycles. The molecule has 0 fully saturated rings. The number of aliphatic hydroxyl groups excluding tert-OH is 1. The molecule has 1 N–H and O–H groups in total. The first-order valence-corrected chi connectivity index (χ1v) is 7.10. The van der Waals surface area contributed by atoms with Crippen molar-refractivity contribution in [3.05, 3.63) is 95.8 Å². The second-order valence-electron chi connectivity index (χ2n) is 5.04. The van der Waals surface area contributed by atoms with Crippen molar-refractivity contribution >= 4 is 11.8 Å². The second-order valence-corrected chi connectivity index (χ2v) is 5.04. The molecule has 0 saturated carbocycles. The Balaban J connectivity index is 1.97. The standard InChI is InChI=1S/C19H16FNO/c20-21(16-10-5-2-6-11-16)18-12-7-13-19(22)17(18)14-15-8-3-1-4-9-15/h1-14,18,22H. The predicted octanol–water partition coefficient (Wildman–Crippen LogP) is 4.84. The summed E-state index contributed by atoms with van der Waals surface area (Å²) in [6.45, 7) is 0. The van der Waals surface area contributed by atoms with Gasteiger partial charge in [-0.2, -0.15) is 0 Å². The van der Waals surface area contributed by atoms with Gasteiger partial charge in [0.2, 0.25) is 0 Å². The van der Waals surface area contributed by atoms with Gasteiger partial charge in [-0.3, -0.25) is 0 Å². The molecule has 110 valence electrons. The van der Waals surface area contributed by atoms with Gasteiger partial charge < -0.3 is 5.11 Å². The lowest BCUT2D eigenvalue weighted by Gasteiger charge is -2.26. The topological polar surface area (TPSA) is 23.5 Å². The predicted molar refractivity (Wildman–Crippen MR) is 88.1 cm³/mol. The van der Waals surface area contributed by atoms with E-state index < -0.39 is 6.04 Å². The average molecular weight is 293 g/mol. The zero-order chi connectivity index (χ0) is 15.4. The molecule has 3 heteroatoms. The van der Waals surface area contributed by atoms with Crippen LogP contribution >= 0.6 is 0 Å². The third kappa shape index (κ3) is 2.93. The van der Waals surface area contributed by atoms with Crippen LogP contribution in [0.2, 0.25) is 0 Å². The number of anilines is 1. The van der Waals surface area contributed by atoms with Crippen LogP contribution in [-0.4, -0.2) is 11.1 Å². The van der Waals surface area contributed by atoms with Gasteiger partial charge in [-0.25, -0.2) is 5.12 Å². The molecule has 3 rings (SSSR count). The fourth-order valence-corrected chi connectivity index (χ4v) is 2.42. The second kappa shape index (κ2) is 6.31. The zero-order valence-corrected chi connectivity index (χ0v) is 11.9. The van der Waals surface area contributed by atoms with Crippen LogP contribution in [0.3, 0.4) is 0 Å². The minimum Gasteiger partial charge on any atom is -0.508 e. The van der Waals surface area contributed by atoms with Crippen LogP contribution in [0.4, 0.5) is 10.2 Å². The molecule has 1 aliphatic carbocycles. The van der Waals surface area contributed by atoms with E-state index in [1.165, 1.54) is 0 Å². The molecule has 1 unspecified atom stereocenters. The van der Waals surface area contributed by atoms with Gasteiger partial charge in [0.25, 0.3) is 0 Å². The number of nitrogens with zero attached hydrogens (tertiary/aromatic N) is 1. The molecule has 0 spiro atoms. The number of allylic oxidation sites excluding steroid dienone is 2. The number of halogens is 1. The first kappa shape index (κ1) is 14.1. The van der Waals surface area contributed by atoms with Crippen molar-refractivity contribution in [2.45, 2.75) is 6.04 Å². The van der Waals surface area contributed by atoms with E-state index in [9.17, 15) is 9.59 Å². The molecular formula is C19H16FNO. The van der Waals surface area contributed by atoms with Crippen LogP contribution in [0.25, 0.3) is 6.08 Å². The van der Waals surface area contributed by atoms with Crippen LogP contribution in [0, 0.1) is 0 Å². The van der Waals surface area contributed by atoms with Crippen molar-refractivity contribution in [1.82, 2.24) is 0 Å². The van der Waals surface area contributed by atoms with Crippen LogP contribution in [0.1, 0.15) is 5.56 Å². The molecule has 1 aliphatic rings. The van der Waals surface area contributed by atoms with Crippen LogP contribution in [-0.2, 0) is 0 Å². The minimum atomic E-state index is -0.660. The quantitative estimate of drug-likeness (QED) is 0.818. The van der Waals surface area contributed by atoms with E-state index in [0.29, 0.717) is 16.4 Å². The fourth-order valence-electron chi connectivity index (χ4n) is 2.42. The van der Waals surface area contributed by atoms with Crippen molar-refractivity contribution < 1.29 is 9.59 Å². The van der Waals surface area contributed by atoms with Crippen molar-refractivity contribution in [1.29, 1.82) is 0 Å². The maximum absolute atomic E-state index is 14.7. The Hall–Kier alpha value is -2.81. The van der Waals surface area contributed by atoms with Gasteiger partial charge in [0, 0.05) is 5.57 Å². The Kier molecular flexibility index (Phi) is 4.05. The molecule has 2 aromatic carbocycles. The van der Waals surface area contributed by atoms with Gasteiger partial charge >= 0.3 is 0 Å². The first-order valence-electron chi connectivity index (χ1n) is 7.10. The van der Waals surface area contributed by atoms with Crippen LogP contribution in [0.15, 0.2) is 90.2 Å². The molecule has 2 nitrogen and oxygen atoms in total. The summed E-state index contributed by atoms with van der Waals surface area (Å²) in [4.78, 5) is 0.